The molecule has 2 aromatic rings. The number of thiazole rings is 1. The number of nitrogens with zero attached hydrogens (tertiary/aromatic N) is 3. The summed E-state index contributed by atoms with van der Waals surface area (Å²) in [5.41, 5.74) is 3.27. The molecule has 0 aliphatic carbocycles. The molecule has 6 heteroatoms. The molecule has 0 amide bonds. The van der Waals surface area contributed by atoms with Gasteiger partial charge in [-0.15, -0.1) is 11.3 Å². The molecule has 102 valence electrons. The summed E-state index contributed by atoms with van der Waals surface area (Å²) in [6.45, 7) is 3.80. The second-order valence-electron chi connectivity index (χ2n) is 4.70. The Kier molecular flexibility index (Phi) is 3.63. The predicted octanol–water partition coefficient (Wildman–Crippen LogP) is 2.02. The van der Waals surface area contributed by atoms with Crippen LogP contribution in [0.2, 0.25) is 0 Å². The summed E-state index contributed by atoms with van der Waals surface area (Å²) in [6, 6.07) is 0. The van der Waals surface area contributed by atoms with E-state index in [9.17, 15) is 0 Å². The normalized spacial score (nSPS) is 18.5. The summed E-state index contributed by atoms with van der Waals surface area (Å²) in [5, 5.41) is 7.56. The minimum absolute atomic E-state index is 0.0512. The van der Waals surface area contributed by atoms with Crippen molar-refractivity contribution < 1.29 is 9.47 Å². The Hall–Kier alpha value is -1.24. The number of fused-ring (bicyclic) bond motifs is 1. The minimum atomic E-state index is -0.0512. The Morgan fingerprint density at radius 2 is 2.47 bits per heavy atom. The first-order valence-electron chi connectivity index (χ1n) is 6.35. The van der Waals surface area contributed by atoms with Crippen LogP contribution in [0.15, 0.2) is 11.6 Å². The molecule has 0 spiro atoms. The third kappa shape index (κ3) is 2.86. The van der Waals surface area contributed by atoms with Gasteiger partial charge in [-0.2, -0.15) is 5.10 Å². The van der Waals surface area contributed by atoms with E-state index in [1.807, 2.05) is 24.0 Å². The van der Waals surface area contributed by atoms with E-state index in [-0.39, 0.29) is 6.10 Å². The van der Waals surface area contributed by atoms with Crippen molar-refractivity contribution in [2.24, 2.45) is 7.05 Å². The second-order valence-corrected chi connectivity index (χ2v) is 5.76. The summed E-state index contributed by atoms with van der Waals surface area (Å²) in [6.07, 6.45) is 2.95. The van der Waals surface area contributed by atoms with Crippen molar-refractivity contribution in [3.63, 3.8) is 0 Å². The van der Waals surface area contributed by atoms with Crippen LogP contribution in [0.1, 0.15) is 28.1 Å². The molecule has 0 bridgehead atoms. The zero-order valence-electron chi connectivity index (χ0n) is 11.1. The van der Waals surface area contributed by atoms with Crippen LogP contribution in [-0.2, 0) is 29.5 Å². The maximum absolute atomic E-state index is 5.74. The summed E-state index contributed by atoms with van der Waals surface area (Å²) < 4.78 is 13.3. The lowest BCUT2D eigenvalue weighted by molar-refractivity contribution is -0.0326. The van der Waals surface area contributed by atoms with Crippen LogP contribution in [0.4, 0.5) is 0 Å². The molecule has 0 N–H and O–H groups in total. The van der Waals surface area contributed by atoms with Gasteiger partial charge in [0, 0.05) is 18.6 Å². The number of hydrogen-bond donors (Lipinski definition) is 0. The molecule has 3 heterocycles. The molecule has 0 saturated carbocycles. The number of aromatic nitrogens is 3. The Balaban J connectivity index is 1.59. The number of rotatable bonds is 4. The van der Waals surface area contributed by atoms with Crippen LogP contribution in [0.5, 0.6) is 0 Å². The van der Waals surface area contributed by atoms with Gasteiger partial charge in [-0.05, 0) is 18.9 Å². The quantitative estimate of drug-likeness (QED) is 0.859. The highest BCUT2D eigenvalue weighted by Gasteiger charge is 2.24. The molecule has 5 nitrogen and oxygen atoms in total. The van der Waals surface area contributed by atoms with E-state index in [2.05, 4.69) is 16.3 Å². The van der Waals surface area contributed by atoms with E-state index < -0.39 is 0 Å². The van der Waals surface area contributed by atoms with Gasteiger partial charge >= 0.3 is 0 Å². The van der Waals surface area contributed by atoms with Gasteiger partial charge in [0.25, 0.3) is 0 Å². The average molecular weight is 279 g/mol. The van der Waals surface area contributed by atoms with E-state index in [1.165, 1.54) is 5.56 Å². The highest BCUT2D eigenvalue weighted by molar-refractivity contribution is 7.09. The fourth-order valence-corrected chi connectivity index (χ4v) is 2.88. The van der Waals surface area contributed by atoms with Gasteiger partial charge in [0.05, 0.1) is 36.2 Å². The summed E-state index contributed by atoms with van der Waals surface area (Å²) in [5.74, 6) is 0. The van der Waals surface area contributed by atoms with Crippen LogP contribution in [0.3, 0.4) is 0 Å². The van der Waals surface area contributed by atoms with Crippen LogP contribution < -0.4 is 0 Å². The lowest BCUT2D eigenvalue weighted by atomic mass is 10.1. The molecule has 19 heavy (non-hydrogen) atoms. The Labute approximate surface area is 116 Å². The summed E-state index contributed by atoms with van der Waals surface area (Å²) >= 11 is 1.64. The molecule has 2 aromatic heterocycles. The maximum atomic E-state index is 5.74. The third-order valence-electron chi connectivity index (χ3n) is 3.12. The molecule has 0 radical (unpaired) electrons. The topological polar surface area (TPSA) is 49.2 Å². The number of hydrogen-bond acceptors (Lipinski definition) is 5. The molecule has 1 atom stereocenters. The van der Waals surface area contributed by atoms with Crippen molar-refractivity contribution in [3.8, 4) is 0 Å². The van der Waals surface area contributed by atoms with Crippen molar-refractivity contribution in [1.82, 2.24) is 14.8 Å². The fraction of sp³-hybridized carbons (Fsp3) is 0.538. The van der Waals surface area contributed by atoms with Crippen molar-refractivity contribution in [3.05, 3.63) is 33.5 Å². The Bertz CT molecular complexity index is 564. The number of aryl methyl sites for hydroxylation is 2. The molecule has 1 aliphatic heterocycles. The van der Waals surface area contributed by atoms with Gasteiger partial charge in [0.2, 0.25) is 0 Å². The largest absolute Gasteiger partial charge is 0.372 e. The first-order chi connectivity index (χ1) is 9.22. The Morgan fingerprint density at radius 1 is 1.58 bits per heavy atom. The SMILES string of the molecule is Cc1nc(COCC2OCCc3cn(C)nc32)cs1. The van der Waals surface area contributed by atoms with E-state index in [1.54, 1.807) is 11.3 Å². The first-order valence-corrected chi connectivity index (χ1v) is 7.23. The average Bonchev–Trinajstić information content (AvgIpc) is 2.95. The van der Waals surface area contributed by atoms with Gasteiger partial charge < -0.3 is 9.47 Å². The third-order valence-corrected chi connectivity index (χ3v) is 3.94. The van der Waals surface area contributed by atoms with E-state index >= 15 is 0 Å². The second kappa shape index (κ2) is 5.40. The molecular formula is C13H17N3O2S. The number of ether oxygens (including phenoxy) is 2. The van der Waals surface area contributed by atoms with Crippen molar-refractivity contribution in [1.29, 1.82) is 0 Å². The lowest BCUT2D eigenvalue weighted by Gasteiger charge is -2.21. The lowest BCUT2D eigenvalue weighted by Crippen LogP contribution is -2.20. The van der Waals surface area contributed by atoms with Crippen LogP contribution in [0, 0.1) is 6.92 Å². The van der Waals surface area contributed by atoms with Crippen LogP contribution >= 0.6 is 11.3 Å². The summed E-state index contributed by atoms with van der Waals surface area (Å²) in [4.78, 5) is 4.37. The van der Waals surface area contributed by atoms with E-state index in [0.29, 0.717) is 13.2 Å². The van der Waals surface area contributed by atoms with Crippen molar-refractivity contribution in [2.45, 2.75) is 26.1 Å². The fourth-order valence-electron chi connectivity index (χ4n) is 2.28. The zero-order valence-corrected chi connectivity index (χ0v) is 11.9. The van der Waals surface area contributed by atoms with Crippen molar-refractivity contribution >= 4 is 11.3 Å². The van der Waals surface area contributed by atoms with Gasteiger partial charge in [0.15, 0.2) is 0 Å². The van der Waals surface area contributed by atoms with Gasteiger partial charge in [-0.25, -0.2) is 4.98 Å². The molecular weight excluding hydrogens is 262 g/mol. The van der Waals surface area contributed by atoms with Crippen LogP contribution in [-0.4, -0.2) is 28.0 Å². The highest BCUT2D eigenvalue weighted by atomic mass is 32.1. The van der Waals surface area contributed by atoms with Gasteiger partial charge in [-0.1, -0.05) is 0 Å². The van der Waals surface area contributed by atoms with Gasteiger partial charge in [-0.3, -0.25) is 4.68 Å². The molecule has 0 fully saturated rings. The standard InChI is InChI=1S/C13H17N3O2S/c1-9-14-11(8-19-9)6-17-7-12-13-10(3-4-18-12)5-16(2)15-13/h5,8,12H,3-4,6-7H2,1-2H3. The maximum Gasteiger partial charge on any atom is 0.125 e. The van der Waals surface area contributed by atoms with E-state index in [0.717, 1.165) is 29.4 Å². The highest BCUT2D eigenvalue weighted by Crippen LogP contribution is 2.25. The van der Waals surface area contributed by atoms with Crippen LogP contribution in [0.25, 0.3) is 0 Å². The zero-order chi connectivity index (χ0) is 13.2. The minimum Gasteiger partial charge on any atom is -0.372 e. The molecule has 1 aliphatic rings. The Morgan fingerprint density at radius 3 is 3.26 bits per heavy atom. The van der Waals surface area contributed by atoms with E-state index in [4.69, 9.17) is 9.47 Å². The molecule has 3 rings (SSSR count). The molecule has 0 aromatic carbocycles. The molecule has 0 saturated heterocycles. The monoisotopic (exact) mass is 279 g/mol. The first kappa shape index (κ1) is 12.8. The van der Waals surface area contributed by atoms with Gasteiger partial charge in [0.1, 0.15) is 6.10 Å². The van der Waals surface area contributed by atoms with Crippen molar-refractivity contribution in [2.75, 3.05) is 13.2 Å². The smallest absolute Gasteiger partial charge is 0.125 e. The molecule has 1 unspecified atom stereocenters. The summed E-state index contributed by atoms with van der Waals surface area (Å²) in [7, 11) is 1.94. The predicted molar refractivity (Wildman–Crippen MR) is 72.1 cm³/mol.